The fourth-order valence-electron chi connectivity index (χ4n) is 1.91. The minimum atomic E-state index is 0.0894. The predicted molar refractivity (Wildman–Crippen MR) is 55.9 cm³/mol. The molecule has 82 valence electrons. The lowest BCUT2D eigenvalue weighted by Crippen LogP contribution is -2.38. The second-order valence-electron chi connectivity index (χ2n) is 4.28. The second-order valence-corrected chi connectivity index (χ2v) is 4.28. The summed E-state index contributed by atoms with van der Waals surface area (Å²) in [7, 11) is 0. The first-order valence-electron chi connectivity index (χ1n) is 5.59. The number of carbonyl (C=O) groups is 1. The van der Waals surface area contributed by atoms with Crippen LogP contribution < -0.4 is 0 Å². The van der Waals surface area contributed by atoms with Gasteiger partial charge in [0.05, 0.1) is 12.6 Å². The summed E-state index contributed by atoms with van der Waals surface area (Å²) in [5, 5.41) is 9.08. The molecule has 0 aliphatic carbocycles. The van der Waals surface area contributed by atoms with Crippen LogP contribution in [0.15, 0.2) is 0 Å². The van der Waals surface area contributed by atoms with E-state index in [0.29, 0.717) is 12.3 Å². The number of amides is 1. The maximum Gasteiger partial charge on any atom is 0.223 e. The third-order valence-corrected chi connectivity index (χ3v) is 3.13. The zero-order valence-corrected chi connectivity index (χ0v) is 9.20. The largest absolute Gasteiger partial charge is 0.394 e. The highest BCUT2D eigenvalue weighted by atomic mass is 16.3. The van der Waals surface area contributed by atoms with E-state index in [0.717, 1.165) is 25.8 Å². The summed E-state index contributed by atoms with van der Waals surface area (Å²) in [4.78, 5) is 13.7. The maximum atomic E-state index is 11.8. The standard InChI is InChI=1S/C11H21NO2/c1-3-9(2)7-11(14)12-6-4-5-10(12)8-13/h9-10,13H,3-8H2,1-2H3/t9?,10-/m1/s1. The molecule has 1 heterocycles. The molecular weight excluding hydrogens is 178 g/mol. The molecule has 1 amide bonds. The molecule has 3 nitrogen and oxygen atoms in total. The highest BCUT2D eigenvalue weighted by Gasteiger charge is 2.28. The van der Waals surface area contributed by atoms with Gasteiger partial charge in [-0.15, -0.1) is 0 Å². The van der Waals surface area contributed by atoms with E-state index in [9.17, 15) is 4.79 Å². The molecule has 0 radical (unpaired) electrons. The minimum absolute atomic E-state index is 0.0894. The first-order valence-corrected chi connectivity index (χ1v) is 5.59. The van der Waals surface area contributed by atoms with Gasteiger partial charge in [-0.2, -0.15) is 0 Å². The Hall–Kier alpha value is -0.570. The minimum Gasteiger partial charge on any atom is -0.394 e. The summed E-state index contributed by atoms with van der Waals surface area (Å²) >= 11 is 0. The average Bonchev–Trinajstić information content (AvgIpc) is 2.65. The van der Waals surface area contributed by atoms with Gasteiger partial charge in [0.25, 0.3) is 0 Å². The lowest BCUT2D eigenvalue weighted by atomic mass is 10.0. The van der Waals surface area contributed by atoms with Crippen LogP contribution in [0.4, 0.5) is 0 Å². The molecule has 3 heteroatoms. The van der Waals surface area contributed by atoms with Crippen LogP contribution in [0.1, 0.15) is 39.5 Å². The molecule has 0 bridgehead atoms. The van der Waals surface area contributed by atoms with Crippen molar-refractivity contribution >= 4 is 5.91 Å². The normalized spacial score (nSPS) is 23.9. The molecule has 14 heavy (non-hydrogen) atoms. The van der Waals surface area contributed by atoms with Gasteiger partial charge in [0.15, 0.2) is 0 Å². The van der Waals surface area contributed by atoms with Crippen LogP contribution in [0.2, 0.25) is 0 Å². The highest BCUT2D eigenvalue weighted by Crippen LogP contribution is 2.19. The molecule has 1 unspecified atom stereocenters. The molecular formula is C11H21NO2. The molecule has 2 atom stereocenters. The highest BCUT2D eigenvalue weighted by molar-refractivity contribution is 5.77. The van der Waals surface area contributed by atoms with Crippen molar-refractivity contribution in [1.82, 2.24) is 4.90 Å². The van der Waals surface area contributed by atoms with E-state index in [2.05, 4.69) is 13.8 Å². The number of carbonyl (C=O) groups excluding carboxylic acids is 1. The number of aliphatic hydroxyl groups is 1. The van der Waals surface area contributed by atoms with Gasteiger partial charge in [-0.1, -0.05) is 20.3 Å². The molecule has 0 spiro atoms. The topological polar surface area (TPSA) is 40.5 Å². The average molecular weight is 199 g/mol. The Morgan fingerprint density at radius 2 is 2.36 bits per heavy atom. The Balaban J connectivity index is 2.43. The third kappa shape index (κ3) is 2.71. The molecule has 0 saturated carbocycles. The number of hydrogen-bond donors (Lipinski definition) is 1. The Morgan fingerprint density at radius 1 is 1.64 bits per heavy atom. The van der Waals surface area contributed by atoms with E-state index in [1.165, 1.54) is 0 Å². The van der Waals surface area contributed by atoms with Crippen LogP contribution in [-0.2, 0) is 4.79 Å². The van der Waals surface area contributed by atoms with Crippen LogP contribution in [-0.4, -0.2) is 35.1 Å². The van der Waals surface area contributed by atoms with E-state index in [-0.39, 0.29) is 18.6 Å². The van der Waals surface area contributed by atoms with Crippen molar-refractivity contribution in [2.75, 3.05) is 13.2 Å². The van der Waals surface area contributed by atoms with E-state index in [4.69, 9.17) is 5.11 Å². The lowest BCUT2D eigenvalue weighted by Gasteiger charge is -2.24. The smallest absolute Gasteiger partial charge is 0.223 e. The van der Waals surface area contributed by atoms with Gasteiger partial charge in [-0.25, -0.2) is 0 Å². The first-order chi connectivity index (χ1) is 6.69. The van der Waals surface area contributed by atoms with Gasteiger partial charge in [0, 0.05) is 13.0 Å². The van der Waals surface area contributed by atoms with E-state index < -0.39 is 0 Å². The van der Waals surface area contributed by atoms with Crippen molar-refractivity contribution in [3.8, 4) is 0 Å². The van der Waals surface area contributed by atoms with E-state index in [1.807, 2.05) is 4.90 Å². The summed E-state index contributed by atoms with van der Waals surface area (Å²) in [6.45, 7) is 5.15. The SMILES string of the molecule is CCC(C)CC(=O)N1CCC[C@@H]1CO. The molecule has 1 saturated heterocycles. The third-order valence-electron chi connectivity index (χ3n) is 3.13. The summed E-state index contributed by atoms with van der Waals surface area (Å²) in [5.41, 5.74) is 0. The van der Waals surface area contributed by atoms with Crippen LogP contribution in [0.3, 0.4) is 0 Å². The Kier molecular flexibility index (Phi) is 4.39. The van der Waals surface area contributed by atoms with Gasteiger partial charge < -0.3 is 10.0 Å². The second kappa shape index (κ2) is 5.35. The quantitative estimate of drug-likeness (QED) is 0.743. The molecule has 0 aromatic heterocycles. The monoisotopic (exact) mass is 199 g/mol. The van der Waals surface area contributed by atoms with Crippen molar-refractivity contribution in [2.24, 2.45) is 5.92 Å². The van der Waals surface area contributed by atoms with Gasteiger partial charge >= 0.3 is 0 Å². The number of rotatable bonds is 4. The first kappa shape index (κ1) is 11.5. The molecule has 1 N–H and O–H groups in total. The number of likely N-dealkylation sites (tertiary alicyclic amines) is 1. The Labute approximate surface area is 86.1 Å². The fraction of sp³-hybridized carbons (Fsp3) is 0.909. The van der Waals surface area contributed by atoms with E-state index >= 15 is 0 Å². The summed E-state index contributed by atoms with van der Waals surface area (Å²) in [5.74, 6) is 0.679. The molecule has 0 aromatic carbocycles. The Morgan fingerprint density at radius 3 is 2.93 bits per heavy atom. The maximum absolute atomic E-state index is 11.8. The fourth-order valence-corrected chi connectivity index (χ4v) is 1.91. The molecule has 1 fully saturated rings. The van der Waals surface area contributed by atoms with Crippen molar-refractivity contribution in [2.45, 2.75) is 45.6 Å². The van der Waals surface area contributed by atoms with Crippen LogP contribution in [0, 0.1) is 5.92 Å². The van der Waals surface area contributed by atoms with Crippen molar-refractivity contribution in [3.05, 3.63) is 0 Å². The van der Waals surface area contributed by atoms with Gasteiger partial charge in [0.2, 0.25) is 5.91 Å². The molecule has 0 aromatic rings. The number of aliphatic hydroxyl groups excluding tert-OH is 1. The summed E-state index contributed by atoms with van der Waals surface area (Å²) in [6.07, 6.45) is 3.68. The number of nitrogens with zero attached hydrogens (tertiary/aromatic N) is 1. The van der Waals surface area contributed by atoms with Gasteiger partial charge in [0.1, 0.15) is 0 Å². The Bertz CT molecular complexity index is 194. The zero-order chi connectivity index (χ0) is 10.6. The number of hydrogen-bond acceptors (Lipinski definition) is 2. The van der Waals surface area contributed by atoms with Crippen molar-refractivity contribution < 1.29 is 9.90 Å². The van der Waals surface area contributed by atoms with E-state index in [1.54, 1.807) is 0 Å². The van der Waals surface area contributed by atoms with Crippen LogP contribution in [0.5, 0.6) is 0 Å². The lowest BCUT2D eigenvalue weighted by molar-refractivity contribution is -0.133. The van der Waals surface area contributed by atoms with Crippen LogP contribution >= 0.6 is 0 Å². The van der Waals surface area contributed by atoms with Crippen molar-refractivity contribution in [3.63, 3.8) is 0 Å². The molecule has 1 rings (SSSR count). The summed E-state index contributed by atoms with van der Waals surface area (Å²) in [6, 6.07) is 0.0894. The molecule has 1 aliphatic heterocycles. The zero-order valence-electron chi connectivity index (χ0n) is 9.20. The molecule has 1 aliphatic rings. The predicted octanol–water partition coefficient (Wildman–Crippen LogP) is 1.41. The van der Waals surface area contributed by atoms with Crippen LogP contribution in [0.25, 0.3) is 0 Å². The van der Waals surface area contributed by atoms with Gasteiger partial charge in [-0.05, 0) is 18.8 Å². The summed E-state index contributed by atoms with van der Waals surface area (Å²) < 4.78 is 0. The van der Waals surface area contributed by atoms with Gasteiger partial charge in [-0.3, -0.25) is 4.79 Å². The van der Waals surface area contributed by atoms with Crippen molar-refractivity contribution in [1.29, 1.82) is 0 Å².